The molecule has 1 amide bonds. The highest BCUT2D eigenvalue weighted by Gasteiger charge is 2.39. The molecule has 0 saturated carbocycles. The van der Waals surface area contributed by atoms with E-state index in [0.29, 0.717) is 25.9 Å². The van der Waals surface area contributed by atoms with Crippen LogP contribution in [-0.4, -0.2) is 37.8 Å². The van der Waals surface area contributed by atoms with Crippen LogP contribution >= 0.6 is 0 Å². The molecule has 1 saturated heterocycles. The molecule has 1 unspecified atom stereocenters. The summed E-state index contributed by atoms with van der Waals surface area (Å²) in [6, 6.07) is 21.9. The van der Waals surface area contributed by atoms with E-state index < -0.39 is 16.1 Å². The van der Waals surface area contributed by atoms with Crippen molar-refractivity contribution < 1.29 is 17.9 Å². The SMILES string of the molecule is O=C(NCc1ccc(-c2ccc3c(c2)CCO3)cc1)C1CCCN1S(=O)(=O)c1ccccc1. The minimum Gasteiger partial charge on any atom is -0.493 e. The number of rotatable bonds is 6. The highest BCUT2D eigenvalue weighted by Crippen LogP contribution is 2.31. The Morgan fingerprint density at radius 3 is 2.55 bits per heavy atom. The van der Waals surface area contributed by atoms with Gasteiger partial charge in [0.2, 0.25) is 15.9 Å². The summed E-state index contributed by atoms with van der Waals surface area (Å²) < 4.78 is 32.9. The third-order valence-electron chi connectivity index (χ3n) is 6.30. The molecule has 2 heterocycles. The first-order valence-corrected chi connectivity index (χ1v) is 12.7. The predicted octanol–water partition coefficient (Wildman–Crippen LogP) is 3.76. The van der Waals surface area contributed by atoms with Crippen LogP contribution in [0.3, 0.4) is 0 Å². The van der Waals surface area contributed by atoms with Crippen molar-refractivity contribution in [3.8, 4) is 16.9 Å². The van der Waals surface area contributed by atoms with Crippen LogP contribution < -0.4 is 10.1 Å². The maximum Gasteiger partial charge on any atom is 0.243 e. The van der Waals surface area contributed by atoms with Gasteiger partial charge < -0.3 is 10.1 Å². The van der Waals surface area contributed by atoms with Crippen LogP contribution in [0.1, 0.15) is 24.0 Å². The third-order valence-corrected chi connectivity index (χ3v) is 8.22. The maximum absolute atomic E-state index is 13.0. The van der Waals surface area contributed by atoms with Crippen molar-refractivity contribution in [1.29, 1.82) is 0 Å². The number of hydrogen-bond acceptors (Lipinski definition) is 4. The number of sulfonamides is 1. The fraction of sp³-hybridized carbons (Fsp3) is 0.269. The molecule has 2 aliphatic rings. The van der Waals surface area contributed by atoms with Gasteiger partial charge in [-0.2, -0.15) is 4.31 Å². The fourth-order valence-electron chi connectivity index (χ4n) is 4.51. The summed E-state index contributed by atoms with van der Waals surface area (Å²) in [7, 11) is -3.69. The van der Waals surface area contributed by atoms with Crippen LogP contribution in [0, 0.1) is 0 Å². The molecule has 2 aliphatic heterocycles. The minimum absolute atomic E-state index is 0.221. The zero-order valence-electron chi connectivity index (χ0n) is 18.2. The number of ether oxygens (including phenoxy) is 1. The topological polar surface area (TPSA) is 75.7 Å². The summed E-state index contributed by atoms with van der Waals surface area (Å²) in [6.45, 7) is 1.45. The Morgan fingerprint density at radius 1 is 1.00 bits per heavy atom. The average molecular weight is 463 g/mol. The Labute approximate surface area is 194 Å². The van der Waals surface area contributed by atoms with Gasteiger partial charge in [0, 0.05) is 19.5 Å². The van der Waals surface area contributed by atoms with Crippen LogP contribution in [0.5, 0.6) is 5.75 Å². The van der Waals surface area contributed by atoms with Crippen molar-refractivity contribution >= 4 is 15.9 Å². The smallest absolute Gasteiger partial charge is 0.243 e. The van der Waals surface area contributed by atoms with Crippen molar-refractivity contribution in [3.05, 3.63) is 83.9 Å². The van der Waals surface area contributed by atoms with Gasteiger partial charge in [-0.1, -0.05) is 48.5 Å². The number of carbonyl (C=O) groups is 1. The molecule has 0 radical (unpaired) electrons. The van der Waals surface area contributed by atoms with Crippen LogP contribution in [-0.2, 0) is 27.8 Å². The Hall–Kier alpha value is -3.16. The monoisotopic (exact) mass is 462 g/mol. The number of benzene rings is 3. The molecule has 0 spiro atoms. The second-order valence-corrected chi connectivity index (χ2v) is 10.3. The maximum atomic E-state index is 13.0. The van der Waals surface area contributed by atoms with Gasteiger partial charge >= 0.3 is 0 Å². The number of carbonyl (C=O) groups excluding carboxylic acids is 1. The second-order valence-electron chi connectivity index (χ2n) is 8.42. The average Bonchev–Trinajstić information content (AvgIpc) is 3.53. The van der Waals surface area contributed by atoms with E-state index in [1.165, 1.54) is 9.87 Å². The summed E-state index contributed by atoms with van der Waals surface area (Å²) in [5.74, 6) is 0.711. The van der Waals surface area contributed by atoms with Crippen LogP contribution in [0.4, 0.5) is 0 Å². The number of nitrogens with one attached hydrogen (secondary N) is 1. The first-order valence-electron chi connectivity index (χ1n) is 11.2. The Bertz CT molecular complexity index is 1260. The van der Waals surface area contributed by atoms with Gasteiger partial charge in [0.05, 0.1) is 11.5 Å². The summed E-state index contributed by atoms with van der Waals surface area (Å²) in [4.78, 5) is 13.1. The van der Waals surface area contributed by atoms with Gasteiger partial charge in [0.1, 0.15) is 11.8 Å². The lowest BCUT2D eigenvalue weighted by molar-refractivity contribution is -0.124. The molecule has 3 aromatic rings. The van der Waals surface area contributed by atoms with Crippen molar-refractivity contribution in [3.63, 3.8) is 0 Å². The van der Waals surface area contributed by atoms with E-state index in [9.17, 15) is 13.2 Å². The number of nitrogens with zero attached hydrogens (tertiary/aromatic N) is 1. The van der Waals surface area contributed by atoms with Gasteiger partial charge in [0.25, 0.3) is 0 Å². The molecule has 33 heavy (non-hydrogen) atoms. The molecule has 3 aromatic carbocycles. The highest BCUT2D eigenvalue weighted by molar-refractivity contribution is 7.89. The lowest BCUT2D eigenvalue weighted by Gasteiger charge is -2.23. The first-order chi connectivity index (χ1) is 16.0. The van der Waals surface area contributed by atoms with Crippen LogP contribution in [0.2, 0.25) is 0 Å². The molecule has 5 rings (SSSR count). The van der Waals surface area contributed by atoms with E-state index in [0.717, 1.165) is 35.5 Å². The van der Waals surface area contributed by atoms with Crippen molar-refractivity contribution in [1.82, 2.24) is 9.62 Å². The van der Waals surface area contributed by atoms with Gasteiger partial charge in [-0.25, -0.2) is 8.42 Å². The van der Waals surface area contributed by atoms with Crippen molar-refractivity contribution in [2.24, 2.45) is 0 Å². The number of hydrogen-bond donors (Lipinski definition) is 1. The van der Waals surface area contributed by atoms with Crippen molar-refractivity contribution in [2.75, 3.05) is 13.2 Å². The Balaban J connectivity index is 1.23. The molecule has 0 aliphatic carbocycles. The van der Waals surface area contributed by atoms with E-state index in [1.807, 2.05) is 30.3 Å². The van der Waals surface area contributed by atoms with Gasteiger partial charge in [-0.3, -0.25) is 4.79 Å². The standard InChI is InChI=1S/C26H26N2O4S/c29-26(24-7-4-15-28(24)33(30,31)23-5-2-1-3-6-23)27-18-19-8-10-20(11-9-19)21-12-13-25-22(17-21)14-16-32-25/h1-3,5-6,8-13,17,24H,4,7,14-16,18H2,(H,27,29). The highest BCUT2D eigenvalue weighted by atomic mass is 32.2. The third kappa shape index (κ3) is 4.38. The Kier molecular flexibility index (Phi) is 5.91. The molecule has 7 heteroatoms. The van der Waals surface area contributed by atoms with E-state index in [1.54, 1.807) is 30.3 Å². The molecule has 1 fully saturated rings. The lowest BCUT2D eigenvalue weighted by atomic mass is 10.0. The molecule has 170 valence electrons. The molecule has 0 bridgehead atoms. The van der Waals surface area contributed by atoms with E-state index in [2.05, 4.69) is 17.4 Å². The van der Waals surface area contributed by atoms with Gasteiger partial charge in [0.15, 0.2) is 0 Å². The molecular formula is C26H26N2O4S. The molecule has 1 N–H and O–H groups in total. The number of amides is 1. The molecule has 0 aromatic heterocycles. The lowest BCUT2D eigenvalue weighted by Crippen LogP contribution is -2.45. The zero-order valence-corrected chi connectivity index (χ0v) is 19.1. The summed E-state index contributed by atoms with van der Waals surface area (Å²) in [6.07, 6.45) is 2.13. The Morgan fingerprint density at radius 2 is 1.76 bits per heavy atom. The van der Waals surface area contributed by atoms with Crippen LogP contribution in [0.25, 0.3) is 11.1 Å². The fourth-order valence-corrected chi connectivity index (χ4v) is 6.18. The predicted molar refractivity (Wildman–Crippen MR) is 126 cm³/mol. The normalized spacial score (nSPS) is 18.0. The number of fused-ring (bicyclic) bond motifs is 1. The van der Waals surface area contributed by atoms with Gasteiger partial charge in [-0.15, -0.1) is 0 Å². The van der Waals surface area contributed by atoms with Crippen molar-refractivity contribution in [2.45, 2.75) is 36.7 Å². The quantitative estimate of drug-likeness (QED) is 0.605. The van der Waals surface area contributed by atoms with Gasteiger partial charge in [-0.05, 0) is 59.4 Å². The second kappa shape index (κ2) is 9.00. The largest absolute Gasteiger partial charge is 0.493 e. The van der Waals surface area contributed by atoms with Crippen LogP contribution in [0.15, 0.2) is 77.7 Å². The molecular weight excluding hydrogens is 436 g/mol. The first kappa shape index (κ1) is 21.7. The zero-order chi connectivity index (χ0) is 22.8. The summed E-state index contributed by atoms with van der Waals surface area (Å²) >= 11 is 0. The van der Waals surface area contributed by atoms with E-state index in [4.69, 9.17) is 4.74 Å². The van der Waals surface area contributed by atoms with E-state index >= 15 is 0 Å². The minimum atomic E-state index is -3.69. The van der Waals surface area contributed by atoms with E-state index in [-0.39, 0.29) is 10.8 Å². The summed E-state index contributed by atoms with van der Waals surface area (Å²) in [5, 5.41) is 2.93. The summed E-state index contributed by atoms with van der Waals surface area (Å²) in [5.41, 5.74) is 4.45. The molecule has 1 atom stereocenters. The molecule has 6 nitrogen and oxygen atoms in total.